The topological polar surface area (TPSA) is 20.2 Å². The second-order valence-corrected chi connectivity index (χ2v) is 11.8. The van der Waals surface area contributed by atoms with E-state index < -0.39 is 0 Å². The van der Waals surface area contributed by atoms with E-state index in [0.29, 0.717) is 16.7 Å². The van der Waals surface area contributed by atoms with Crippen LogP contribution >= 0.6 is 0 Å². The molecule has 0 amide bonds. The van der Waals surface area contributed by atoms with E-state index in [4.69, 9.17) is 0 Å². The summed E-state index contributed by atoms with van der Waals surface area (Å²) in [6, 6.07) is 0. The molecule has 1 heteroatoms. The van der Waals surface area contributed by atoms with Crippen LogP contribution < -0.4 is 0 Å². The van der Waals surface area contributed by atoms with Crippen LogP contribution in [-0.2, 0) is 0 Å². The molecule has 0 aromatic heterocycles. The summed E-state index contributed by atoms with van der Waals surface area (Å²) < 4.78 is 0. The Labute approximate surface area is 168 Å². The SMILES string of the molecule is CC(C)/C=C/[C@@H](C)[C@H]1CC[C@H]2[C@@H]3CCC4C[C@H](O)CC[C@]4(C)[C@H]3CC[C@]12C. The van der Waals surface area contributed by atoms with Gasteiger partial charge in [-0.05, 0) is 110 Å². The minimum atomic E-state index is -0.0158. The zero-order valence-electron chi connectivity index (χ0n) is 18.6. The van der Waals surface area contributed by atoms with Crippen LogP contribution in [0, 0.1) is 52.3 Å². The zero-order chi connectivity index (χ0) is 19.4. The molecule has 0 aromatic carbocycles. The van der Waals surface area contributed by atoms with Crippen molar-refractivity contribution in [2.75, 3.05) is 0 Å². The second-order valence-electron chi connectivity index (χ2n) is 11.8. The van der Waals surface area contributed by atoms with Crippen LogP contribution in [0.5, 0.6) is 0 Å². The standard InChI is InChI=1S/C26H44O/c1-17(2)6-7-18(3)22-10-11-23-21-9-8-19-16-20(27)12-14-25(19,4)24(21)13-15-26(22,23)5/h6-7,17-24,27H,8-16H2,1-5H3/b7-6+/t18-,19?,20-,21+,22-,23+,24+,25+,26-/m1/s1. The van der Waals surface area contributed by atoms with Crippen molar-refractivity contribution in [3.05, 3.63) is 12.2 Å². The van der Waals surface area contributed by atoms with E-state index in [9.17, 15) is 5.11 Å². The van der Waals surface area contributed by atoms with Gasteiger partial charge in [-0.2, -0.15) is 0 Å². The molecule has 1 nitrogen and oxygen atoms in total. The quantitative estimate of drug-likeness (QED) is 0.537. The number of hydrogen-bond donors (Lipinski definition) is 1. The molecule has 1 N–H and O–H groups in total. The number of aliphatic hydroxyl groups is 1. The predicted molar refractivity (Wildman–Crippen MR) is 114 cm³/mol. The molecule has 4 aliphatic rings. The lowest BCUT2D eigenvalue weighted by atomic mass is 9.44. The second kappa shape index (κ2) is 7.19. The summed E-state index contributed by atoms with van der Waals surface area (Å²) in [6.07, 6.45) is 17.0. The molecule has 4 saturated carbocycles. The Bertz CT molecular complexity index is 565. The van der Waals surface area contributed by atoms with Gasteiger partial charge < -0.3 is 5.11 Å². The van der Waals surface area contributed by atoms with Crippen molar-refractivity contribution in [3.8, 4) is 0 Å². The van der Waals surface area contributed by atoms with E-state index in [2.05, 4.69) is 46.8 Å². The molecular formula is C26H44O. The third kappa shape index (κ3) is 3.24. The molecule has 154 valence electrons. The van der Waals surface area contributed by atoms with E-state index in [1.807, 2.05) is 0 Å². The Kier molecular flexibility index (Phi) is 5.32. The number of aliphatic hydroxyl groups excluding tert-OH is 1. The number of hydrogen-bond acceptors (Lipinski definition) is 1. The molecule has 4 aliphatic carbocycles. The Morgan fingerprint density at radius 2 is 1.52 bits per heavy atom. The largest absolute Gasteiger partial charge is 0.393 e. The third-order valence-corrected chi connectivity index (χ3v) is 10.1. The summed E-state index contributed by atoms with van der Waals surface area (Å²) >= 11 is 0. The summed E-state index contributed by atoms with van der Waals surface area (Å²) in [7, 11) is 0. The molecule has 1 unspecified atom stereocenters. The van der Waals surface area contributed by atoms with Gasteiger partial charge in [0.05, 0.1) is 6.10 Å². The summed E-state index contributed by atoms with van der Waals surface area (Å²) in [6.45, 7) is 12.4. The van der Waals surface area contributed by atoms with Gasteiger partial charge in [-0.1, -0.05) is 46.8 Å². The fourth-order valence-corrected chi connectivity index (χ4v) is 8.67. The summed E-state index contributed by atoms with van der Waals surface area (Å²) in [5, 5.41) is 10.2. The molecule has 4 fully saturated rings. The van der Waals surface area contributed by atoms with Gasteiger partial charge in [-0.25, -0.2) is 0 Å². The molecular weight excluding hydrogens is 328 g/mol. The van der Waals surface area contributed by atoms with Crippen molar-refractivity contribution < 1.29 is 5.11 Å². The first kappa shape index (κ1) is 20.0. The van der Waals surface area contributed by atoms with Crippen molar-refractivity contribution in [1.82, 2.24) is 0 Å². The number of fused-ring (bicyclic) bond motifs is 5. The Morgan fingerprint density at radius 1 is 0.815 bits per heavy atom. The maximum absolute atomic E-state index is 10.2. The monoisotopic (exact) mass is 372 g/mol. The molecule has 0 heterocycles. The van der Waals surface area contributed by atoms with E-state index in [1.54, 1.807) is 0 Å². The van der Waals surface area contributed by atoms with Gasteiger partial charge in [0.25, 0.3) is 0 Å². The predicted octanol–water partition coefficient (Wildman–Crippen LogP) is 6.85. The van der Waals surface area contributed by atoms with Crippen LogP contribution in [0.4, 0.5) is 0 Å². The van der Waals surface area contributed by atoms with E-state index in [-0.39, 0.29) is 6.10 Å². The summed E-state index contributed by atoms with van der Waals surface area (Å²) in [5.74, 6) is 5.93. The Balaban J connectivity index is 1.54. The van der Waals surface area contributed by atoms with Crippen LogP contribution in [-0.4, -0.2) is 11.2 Å². The van der Waals surface area contributed by atoms with Gasteiger partial charge in [0.1, 0.15) is 0 Å². The van der Waals surface area contributed by atoms with Crippen molar-refractivity contribution in [3.63, 3.8) is 0 Å². The smallest absolute Gasteiger partial charge is 0.0543 e. The van der Waals surface area contributed by atoms with E-state index in [0.717, 1.165) is 48.3 Å². The van der Waals surface area contributed by atoms with Crippen molar-refractivity contribution in [2.45, 2.75) is 98.5 Å². The van der Waals surface area contributed by atoms with Crippen LogP contribution in [0.15, 0.2) is 12.2 Å². The van der Waals surface area contributed by atoms with Crippen LogP contribution in [0.2, 0.25) is 0 Å². The maximum atomic E-state index is 10.2. The van der Waals surface area contributed by atoms with E-state index >= 15 is 0 Å². The molecule has 0 bridgehead atoms. The first-order valence-corrected chi connectivity index (χ1v) is 12.1. The molecule has 0 saturated heterocycles. The van der Waals surface area contributed by atoms with Gasteiger partial charge >= 0.3 is 0 Å². The van der Waals surface area contributed by atoms with Gasteiger partial charge in [0.15, 0.2) is 0 Å². The fraction of sp³-hybridized carbons (Fsp3) is 0.923. The minimum absolute atomic E-state index is 0.0158. The maximum Gasteiger partial charge on any atom is 0.0543 e. The normalized spacial score (nSPS) is 51.1. The van der Waals surface area contributed by atoms with E-state index in [1.165, 1.54) is 44.9 Å². The lowest BCUT2D eigenvalue weighted by Gasteiger charge is -2.61. The molecule has 0 aliphatic heterocycles. The fourth-order valence-electron chi connectivity index (χ4n) is 8.67. The molecule has 0 radical (unpaired) electrons. The number of allylic oxidation sites excluding steroid dienone is 2. The summed E-state index contributed by atoms with van der Waals surface area (Å²) in [5.41, 5.74) is 1.09. The van der Waals surface area contributed by atoms with Crippen molar-refractivity contribution in [1.29, 1.82) is 0 Å². The lowest BCUT2D eigenvalue weighted by molar-refractivity contribution is -0.128. The number of rotatable bonds is 3. The van der Waals surface area contributed by atoms with Crippen molar-refractivity contribution >= 4 is 0 Å². The average molecular weight is 373 g/mol. The zero-order valence-corrected chi connectivity index (χ0v) is 18.6. The van der Waals surface area contributed by atoms with Crippen LogP contribution in [0.25, 0.3) is 0 Å². The molecule has 0 spiro atoms. The molecule has 27 heavy (non-hydrogen) atoms. The lowest BCUT2D eigenvalue weighted by Crippen LogP contribution is -2.54. The highest BCUT2D eigenvalue weighted by molar-refractivity contribution is 5.11. The summed E-state index contributed by atoms with van der Waals surface area (Å²) in [4.78, 5) is 0. The van der Waals surface area contributed by atoms with Crippen LogP contribution in [0.1, 0.15) is 92.4 Å². The molecule has 4 rings (SSSR count). The van der Waals surface area contributed by atoms with Gasteiger partial charge in [0.2, 0.25) is 0 Å². The highest BCUT2D eigenvalue weighted by Crippen LogP contribution is 2.68. The van der Waals surface area contributed by atoms with Crippen molar-refractivity contribution in [2.24, 2.45) is 52.3 Å². The van der Waals surface area contributed by atoms with Gasteiger partial charge in [-0.15, -0.1) is 0 Å². The molecule has 9 atom stereocenters. The Hall–Kier alpha value is -0.300. The minimum Gasteiger partial charge on any atom is -0.393 e. The highest BCUT2D eigenvalue weighted by Gasteiger charge is 2.60. The first-order chi connectivity index (χ1) is 12.8. The Morgan fingerprint density at radius 3 is 2.26 bits per heavy atom. The highest BCUT2D eigenvalue weighted by atomic mass is 16.3. The average Bonchev–Trinajstić information content (AvgIpc) is 2.97. The molecule has 0 aromatic rings. The van der Waals surface area contributed by atoms with Gasteiger partial charge in [0, 0.05) is 0 Å². The third-order valence-electron chi connectivity index (χ3n) is 10.1. The van der Waals surface area contributed by atoms with Crippen LogP contribution in [0.3, 0.4) is 0 Å². The van der Waals surface area contributed by atoms with Gasteiger partial charge in [-0.3, -0.25) is 0 Å². The first-order valence-electron chi connectivity index (χ1n) is 12.1.